The van der Waals surface area contributed by atoms with Crippen molar-refractivity contribution < 1.29 is 13.9 Å². The summed E-state index contributed by atoms with van der Waals surface area (Å²) in [6.45, 7) is 2.50. The first-order valence-electron chi connectivity index (χ1n) is 5.48. The standard InChI is InChI=1S/C12H15BrFNO2/c1-2-3-6-15-12(16)8-17-11-5-4-9(13)7-10(11)14/h4-5,7H,2-3,6,8H2,1H3,(H,15,16). The summed E-state index contributed by atoms with van der Waals surface area (Å²) in [4.78, 5) is 11.3. The van der Waals surface area contributed by atoms with Gasteiger partial charge in [0, 0.05) is 11.0 Å². The molecule has 0 aliphatic rings. The molecule has 0 aromatic heterocycles. The molecule has 0 unspecified atom stereocenters. The summed E-state index contributed by atoms with van der Waals surface area (Å²) in [5.41, 5.74) is 0. The number of nitrogens with one attached hydrogen (secondary N) is 1. The van der Waals surface area contributed by atoms with Gasteiger partial charge >= 0.3 is 0 Å². The molecule has 1 aromatic rings. The second-order valence-electron chi connectivity index (χ2n) is 3.57. The Hall–Kier alpha value is -1.10. The number of carbonyl (C=O) groups is 1. The van der Waals surface area contributed by atoms with E-state index in [2.05, 4.69) is 21.2 Å². The van der Waals surface area contributed by atoms with Gasteiger partial charge in [-0.05, 0) is 24.6 Å². The molecular weight excluding hydrogens is 289 g/mol. The van der Waals surface area contributed by atoms with E-state index in [1.165, 1.54) is 12.1 Å². The number of benzene rings is 1. The average molecular weight is 304 g/mol. The van der Waals surface area contributed by atoms with Crippen molar-refractivity contribution in [1.82, 2.24) is 5.32 Å². The third-order valence-electron chi connectivity index (χ3n) is 2.11. The Morgan fingerprint density at radius 2 is 2.29 bits per heavy atom. The molecule has 0 heterocycles. The van der Waals surface area contributed by atoms with Crippen molar-refractivity contribution in [3.63, 3.8) is 0 Å². The minimum Gasteiger partial charge on any atom is -0.481 e. The van der Waals surface area contributed by atoms with Crippen LogP contribution in [0, 0.1) is 5.82 Å². The Kier molecular flexibility index (Phi) is 5.97. The van der Waals surface area contributed by atoms with E-state index in [9.17, 15) is 9.18 Å². The SMILES string of the molecule is CCCCNC(=O)COc1ccc(Br)cc1F. The van der Waals surface area contributed by atoms with Crippen molar-refractivity contribution in [2.75, 3.05) is 13.2 Å². The van der Waals surface area contributed by atoms with Crippen LogP contribution in [0.2, 0.25) is 0 Å². The second kappa shape index (κ2) is 7.27. The third-order valence-corrected chi connectivity index (χ3v) is 2.60. The number of hydrogen-bond acceptors (Lipinski definition) is 2. The fourth-order valence-electron chi connectivity index (χ4n) is 1.19. The maximum Gasteiger partial charge on any atom is 0.257 e. The molecule has 0 saturated heterocycles. The molecule has 1 rings (SSSR count). The fraction of sp³-hybridized carbons (Fsp3) is 0.417. The number of carbonyl (C=O) groups excluding carboxylic acids is 1. The topological polar surface area (TPSA) is 38.3 Å². The zero-order chi connectivity index (χ0) is 12.7. The van der Waals surface area contributed by atoms with Gasteiger partial charge in [-0.25, -0.2) is 4.39 Å². The predicted octanol–water partition coefficient (Wildman–Crippen LogP) is 2.88. The Morgan fingerprint density at radius 1 is 1.53 bits per heavy atom. The largest absolute Gasteiger partial charge is 0.481 e. The summed E-state index contributed by atoms with van der Waals surface area (Å²) in [5.74, 6) is -0.639. The zero-order valence-electron chi connectivity index (χ0n) is 9.63. The zero-order valence-corrected chi connectivity index (χ0v) is 11.2. The number of unbranched alkanes of at least 4 members (excludes halogenated alkanes) is 1. The van der Waals surface area contributed by atoms with Crippen LogP contribution >= 0.6 is 15.9 Å². The Balaban J connectivity index is 2.37. The molecule has 3 nitrogen and oxygen atoms in total. The molecule has 1 aromatic carbocycles. The van der Waals surface area contributed by atoms with E-state index >= 15 is 0 Å². The molecule has 0 aliphatic carbocycles. The van der Waals surface area contributed by atoms with Gasteiger partial charge in [-0.15, -0.1) is 0 Å². The summed E-state index contributed by atoms with van der Waals surface area (Å²) in [7, 11) is 0. The predicted molar refractivity (Wildman–Crippen MR) is 67.5 cm³/mol. The van der Waals surface area contributed by atoms with E-state index in [-0.39, 0.29) is 18.3 Å². The Labute approximate surface area is 108 Å². The van der Waals surface area contributed by atoms with Crippen LogP contribution in [-0.2, 0) is 4.79 Å². The molecule has 0 saturated carbocycles. The van der Waals surface area contributed by atoms with Gasteiger partial charge in [0.15, 0.2) is 18.2 Å². The van der Waals surface area contributed by atoms with Crippen LogP contribution in [0.15, 0.2) is 22.7 Å². The van der Waals surface area contributed by atoms with Gasteiger partial charge in [0.05, 0.1) is 0 Å². The highest BCUT2D eigenvalue weighted by Crippen LogP contribution is 2.21. The molecule has 1 N–H and O–H groups in total. The van der Waals surface area contributed by atoms with Gasteiger partial charge in [-0.2, -0.15) is 0 Å². The molecule has 5 heteroatoms. The summed E-state index contributed by atoms with van der Waals surface area (Å²) in [6, 6.07) is 4.44. The molecule has 0 radical (unpaired) electrons. The Bertz CT molecular complexity index is 385. The van der Waals surface area contributed by atoms with Crippen LogP contribution in [0.1, 0.15) is 19.8 Å². The lowest BCUT2D eigenvalue weighted by Gasteiger charge is -2.07. The smallest absolute Gasteiger partial charge is 0.257 e. The number of rotatable bonds is 6. The lowest BCUT2D eigenvalue weighted by Crippen LogP contribution is -2.29. The van der Waals surface area contributed by atoms with Gasteiger partial charge in [0.2, 0.25) is 0 Å². The van der Waals surface area contributed by atoms with E-state index in [1.807, 2.05) is 6.92 Å². The first-order chi connectivity index (χ1) is 8.13. The van der Waals surface area contributed by atoms with E-state index in [4.69, 9.17) is 4.74 Å². The lowest BCUT2D eigenvalue weighted by molar-refractivity contribution is -0.123. The quantitative estimate of drug-likeness (QED) is 0.821. The van der Waals surface area contributed by atoms with Crippen molar-refractivity contribution in [2.24, 2.45) is 0 Å². The van der Waals surface area contributed by atoms with E-state index in [0.29, 0.717) is 11.0 Å². The van der Waals surface area contributed by atoms with E-state index in [0.717, 1.165) is 12.8 Å². The van der Waals surface area contributed by atoms with Gasteiger partial charge in [0.25, 0.3) is 5.91 Å². The molecule has 17 heavy (non-hydrogen) atoms. The first-order valence-corrected chi connectivity index (χ1v) is 6.27. The maximum atomic E-state index is 13.3. The summed E-state index contributed by atoms with van der Waals surface area (Å²) < 4.78 is 19.0. The van der Waals surface area contributed by atoms with Gasteiger partial charge in [0.1, 0.15) is 0 Å². The highest BCUT2D eigenvalue weighted by Gasteiger charge is 2.06. The molecular formula is C12H15BrFNO2. The van der Waals surface area contributed by atoms with Gasteiger partial charge < -0.3 is 10.1 Å². The van der Waals surface area contributed by atoms with Crippen molar-refractivity contribution in [1.29, 1.82) is 0 Å². The summed E-state index contributed by atoms with van der Waals surface area (Å²) in [6.07, 6.45) is 1.95. The second-order valence-corrected chi connectivity index (χ2v) is 4.48. The lowest BCUT2D eigenvalue weighted by atomic mass is 10.3. The van der Waals surface area contributed by atoms with Crippen molar-refractivity contribution in [3.8, 4) is 5.75 Å². The molecule has 0 aliphatic heterocycles. The molecule has 94 valence electrons. The monoisotopic (exact) mass is 303 g/mol. The first kappa shape index (κ1) is 14.0. The van der Waals surface area contributed by atoms with E-state index < -0.39 is 5.82 Å². The van der Waals surface area contributed by atoms with Crippen LogP contribution in [0.4, 0.5) is 4.39 Å². The van der Waals surface area contributed by atoms with Crippen molar-refractivity contribution in [3.05, 3.63) is 28.5 Å². The highest BCUT2D eigenvalue weighted by molar-refractivity contribution is 9.10. The van der Waals surface area contributed by atoms with Crippen LogP contribution < -0.4 is 10.1 Å². The molecule has 0 spiro atoms. The van der Waals surface area contributed by atoms with Gasteiger partial charge in [-0.1, -0.05) is 29.3 Å². The van der Waals surface area contributed by atoms with Crippen LogP contribution in [-0.4, -0.2) is 19.1 Å². The number of ether oxygens (including phenoxy) is 1. The molecule has 0 bridgehead atoms. The summed E-state index contributed by atoms with van der Waals surface area (Å²) in [5, 5.41) is 2.69. The Morgan fingerprint density at radius 3 is 2.94 bits per heavy atom. The molecule has 1 amide bonds. The normalized spacial score (nSPS) is 10.1. The van der Waals surface area contributed by atoms with Crippen LogP contribution in [0.5, 0.6) is 5.75 Å². The third kappa shape index (κ3) is 5.17. The summed E-state index contributed by atoms with van der Waals surface area (Å²) >= 11 is 3.14. The van der Waals surface area contributed by atoms with Crippen LogP contribution in [0.25, 0.3) is 0 Å². The van der Waals surface area contributed by atoms with Gasteiger partial charge in [-0.3, -0.25) is 4.79 Å². The van der Waals surface area contributed by atoms with Crippen molar-refractivity contribution >= 4 is 21.8 Å². The van der Waals surface area contributed by atoms with E-state index in [1.54, 1.807) is 6.07 Å². The minimum absolute atomic E-state index is 0.0823. The maximum absolute atomic E-state index is 13.3. The highest BCUT2D eigenvalue weighted by atomic mass is 79.9. The number of halogens is 2. The molecule has 0 fully saturated rings. The van der Waals surface area contributed by atoms with Crippen LogP contribution in [0.3, 0.4) is 0 Å². The van der Waals surface area contributed by atoms with Crippen molar-refractivity contribution in [2.45, 2.75) is 19.8 Å². The number of amides is 1. The fourth-order valence-corrected chi connectivity index (χ4v) is 1.52. The average Bonchev–Trinajstić information content (AvgIpc) is 2.28. The molecule has 0 atom stereocenters. The number of hydrogen-bond donors (Lipinski definition) is 1. The minimum atomic E-state index is -0.485.